The number of aryl methyl sites for hydroxylation is 1. The number of hydrogen-bond donors (Lipinski definition) is 0. The summed E-state index contributed by atoms with van der Waals surface area (Å²) in [7, 11) is 5.89. The molecular weight excluding hydrogens is 228 g/mol. The van der Waals surface area contributed by atoms with Crippen LogP contribution in [0, 0.1) is 0 Å². The van der Waals surface area contributed by atoms with Gasteiger partial charge in [0.25, 0.3) is 0 Å². The second kappa shape index (κ2) is 5.23. The molecule has 1 aromatic carbocycles. The number of ether oxygens (including phenoxy) is 1. The summed E-state index contributed by atoms with van der Waals surface area (Å²) in [4.78, 5) is 14.0. The Bertz CT molecular complexity index is 602. The molecule has 0 saturated heterocycles. The first-order valence-corrected chi connectivity index (χ1v) is 5.96. The predicted molar refractivity (Wildman–Crippen MR) is 73.2 cm³/mol. The summed E-state index contributed by atoms with van der Waals surface area (Å²) in [5.74, 6) is 0.612. The third-order valence-electron chi connectivity index (χ3n) is 2.90. The zero-order chi connectivity index (χ0) is 13.1. The van der Waals surface area contributed by atoms with Crippen molar-refractivity contribution >= 4 is 10.9 Å². The van der Waals surface area contributed by atoms with Gasteiger partial charge in [0, 0.05) is 25.0 Å². The van der Waals surface area contributed by atoms with Crippen LogP contribution in [0.2, 0.25) is 0 Å². The van der Waals surface area contributed by atoms with E-state index in [-0.39, 0.29) is 5.43 Å². The molecule has 0 aliphatic carbocycles. The molecule has 0 fully saturated rings. The maximum atomic E-state index is 11.9. The van der Waals surface area contributed by atoms with Crippen molar-refractivity contribution in [3.05, 3.63) is 40.6 Å². The fourth-order valence-corrected chi connectivity index (χ4v) is 1.85. The van der Waals surface area contributed by atoms with Crippen LogP contribution in [0.1, 0.15) is 0 Å². The van der Waals surface area contributed by atoms with Crippen LogP contribution in [-0.4, -0.2) is 36.7 Å². The minimum atomic E-state index is 0.00329. The summed E-state index contributed by atoms with van der Waals surface area (Å²) < 4.78 is 7.57. The van der Waals surface area contributed by atoms with E-state index in [9.17, 15) is 4.79 Å². The van der Waals surface area contributed by atoms with Gasteiger partial charge in [0.05, 0.1) is 5.52 Å². The van der Waals surface area contributed by atoms with Crippen LogP contribution >= 0.6 is 0 Å². The first kappa shape index (κ1) is 12.6. The van der Waals surface area contributed by atoms with E-state index in [0.717, 1.165) is 17.4 Å². The monoisotopic (exact) mass is 246 g/mol. The van der Waals surface area contributed by atoms with Gasteiger partial charge in [0.15, 0.2) is 11.3 Å². The maximum Gasteiger partial charge on any atom is 0.197 e. The molecule has 0 aliphatic heterocycles. The first-order valence-electron chi connectivity index (χ1n) is 5.96. The standard InChI is InChI=1S/C14H18N2O2/c1-15(2)8-9-18-14-10-13(17)11-6-4-5-7-12(11)16(14)3/h4-7,10H,8-9H2,1-3H3. The molecule has 0 radical (unpaired) electrons. The predicted octanol–water partition coefficient (Wildman–Crippen LogP) is 1.48. The highest BCUT2D eigenvalue weighted by molar-refractivity contribution is 5.79. The second-order valence-corrected chi connectivity index (χ2v) is 4.57. The third kappa shape index (κ3) is 2.54. The van der Waals surface area contributed by atoms with Crippen LogP contribution in [0.5, 0.6) is 5.88 Å². The van der Waals surface area contributed by atoms with Gasteiger partial charge in [0.1, 0.15) is 6.61 Å². The molecular formula is C14H18N2O2. The Balaban J connectivity index is 2.35. The fraction of sp³-hybridized carbons (Fsp3) is 0.357. The molecule has 0 bridgehead atoms. The SMILES string of the molecule is CN(C)CCOc1cc(=O)c2ccccc2n1C. The van der Waals surface area contributed by atoms with Gasteiger partial charge in [-0.2, -0.15) is 0 Å². The number of fused-ring (bicyclic) bond motifs is 1. The lowest BCUT2D eigenvalue weighted by molar-refractivity contribution is 0.247. The van der Waals surface area contributed by atoms with E-state index in [0.29, 0.717) is 12.5 Å². The lowest BCUT2D eigenvalue weighted by Gasteiger charge is -2.15. The van der Waals surface area contributed by atoms with Crippen LogP contribution < -0.4 is 10.2 Å². The van der Waals surface area contributed by atoms with E-state index in [1.165, 1.54) is 0 Å². The van der Waals surface area contributed by atoms with Gasteiger partial charge < -0.3 is 14.2 Å². The Morgan fingerprint density at radius 2 is 2.00 bits per heavy atom. The van der Waals surface area contributed by atoms with Crippen molar-refractivity contribution in [1.82, 2.24) is 9.47 Å². The zero-order valence-corrected chi connectivity index (χ0v) is 11.0. The van der Waals surface area contributed by atoms with Gasteiger partial charge >= 0.3 is 0 Å². The molecule has 1 aromatic heterocycles. The van der Waals surface area contributed by atoms with Crippen molar-refractivity contribution in [2.45, 2.75) is 0 Å². The molecule has 0 amide bonds. The number of rotatable bonds is 4. The first-order chi connectivity index (χ1) is 8.59. The Labute approximate surface area is 106 Å². The number of nitrogens with zero attached hydrogens (tertiary/aromatic N) is 2. The molecule has 0 unspecified atom stereocenters. The van der Waals surface area contributed by atoms with Gasteiger partial charge in [-0.25, -0.2) is 0 Å². The summed E-state index contributed by atoms with van der Waals surface area (Å²) in [6.07, 6.45) is 0. The van der Waals surface area contributed by atoms with Crippen molar-refractivity contribution in [1.29, 1.82) is 0 Å². The molecule has 2 aromatic rings. The van der Waals surface area contributed by atoms with E-state index in [4.69, 9.17) is 4.74 Å². The number of pyridine rings is 1. The maximum absolute atomic E-state index is 11.9. The smallest absolute Gasteiger partial charge is 0.197 e. The average molecular weight is 246 g/mol. The molecule has 0 saturated carbocycles. The number of hydrogen-bond acceptors (Lipinski definition) is 3. The van der Waals surface area contributed by atoms with Crippen molar-refractivity contribution < 1.29 is 4.74 Å². The molecule has 4 nitrogen and oxygen atoms in total. The Hall–Kier alpha value is -1.81. The Kier molecular flexibility index (Phi) is 3.67. The molecule has 0 spiro atoms. The van der Waals surface area contributed by atoms with E-state index < -0.39 is 0 Å². The highest BCUT2D eigenvalue weighted by Crippen LogP contribution is 2.16. The number of benzene rings is 1. The second-order valence-electron chi connectivity index (χ2n) is 4.57. The summed E-state index contributed by atoms with van der Waals surface area (Å²) in [6.45, 7) is 1.39. The van der Waals surface area contributed by atoms with Crippen LogP contribution in [0.15, 0.2) is 35.1 Å². The summed E-state index contributed by atoms with van der Waals surface area (Å²) in [5.41, 5.74) is 0.897. The van der Waals surface area contributed by atoms with Crippen LogP contribution in [0.4, 0.5) is 0 Å². The number of para-hydroxylation sites is 1. The quantitative estimate of drug-likeness (QED) is 0.819. The largest absolute Gasteiger partial charge is 0.477 e. The van der Waals surface area contributed by atoms with Crippen molar-refractivity contribution in [3.8, 4) is 5.88 Å². The highest BCUT2D eigenvalue weighted by atomic mass is 16.5. The number of likely N-dealkylation sites (N-methyl/N-ethyl adjacent to an activating group) is 1. The average Bonchev–Trinajstić information content (AvgIpc) is 2.35. The summed E-state index contributed by atoms with van der Waals surface area (Å²) in [6, 6.07) is 9.11. The van der Waals surface area contributed by atoms with Gasteiger partial charge in [-0.1, -0.05) is 12.1 Å². The van der Waals surface area contributed by atoms with E-state index in [1.54, 1.807) is 6.07 Å². The zero-order valence-electron chi connectivity index (χ0n) is 11.0. The topological polar surface area (TPSA) is 34.5 Å². The van der Waals surface area contributed by atoms with E-state index >= 15 is 0 Å². The van der Waals surface area contributed by atoms with Gasteiger partial charge in [-0.3, -0.25) is 4.79 Å². The molecule has 0 aliphatic rings. The normalized spacial score (nSPS) is 11.1. The Morgan fingerprint density at radius 3 is 2.72 bits per heavy atom. The minimum Gasteiger partial charge on any atom is -0.477 e. The third-order valence-corrected chi connectivity index (χ3v) is 2.90. The van der Waals surface area contributed by atoms with Crippen molar-refractivity contribution in [2.24, 2.45) is 7.05 Å². The molecule has 2 rings (SSSR count). The molecule has 4 heteroatoms. The van der Waals surface area contributed by atoms with Crippen molar-refractivity contribution in [3.63, 3.8) is 0 Å². The van der Waals surface area contributed by atoms with Gasteiger partial charge in [-0.05, 0) is 26.2 Å². The van der Waals surface area contributed by atoms with E-state index in [1.807, 2.05) is 54.9 Å². The Morgan fingerprint density at radius 1 is 1.28 bits per heavy atom. The van der Waals surface area contributed by atoms with Gasteiger partial charge in [0.2, 0.25) is 0 Å². The van der Waals surface area contributed by atoms with Gasteiger partial charge in [-0.15, -0.1) is 0 Å². The van der Waals surface area contributed by atoms with E-state index in [2.05, 4.69) is 0 Å². The minimum absolute atomic E-state index is 0.00329. The molecule has 0 N–H and O–H groups in total. The van der Waals surface area contributed by atoms with Crippen LogP contribution in [0.25, 0.3) is 10.9 Å². The number of aromatic nitrogens is 1. The van der Waals surface area contributed by atoms with Crippen LogP contribution in [-0.2, 0) is 7.05 Å². The fourth-order valence-electron chi connectivity index (χ4n) is 1.85. The molecule has 18 heavy (non-hydrogen) atoms. The molecule has 96 valence electrons. The molecule has 0 atom stereocenters. The molecule has 1 heterocycles. The van der Waals surface area contributed by atoms with Crippen molar-refractivity contribution in [2.75, 3.05) is 27.2 Å². The highest BCUT2D eigenvalue weighted by Gasteiger charge is 2.06. The lowest BCUT2D eigenvalue weighted by atomic mass is 10.2. The lowest BCUT2D eigenvalue weighted by Crippen LogP contribution is -2.21. The summed E-state index contributed by atoms with van der Waals surface area (Å²) in [5, 5.41) is 0.722. The van der Waals surface area contributed by atoms with Crippen LogP contribution in [0.3, 0.4) is 0 Å². The summed E-state index contributed by atoms with van der Waals surface area (Å²) >= 11 is 0.